The lowest BCUT2D eigenvalue weighted by atomic mass is 10.1. The van der Waals surface area contributed by atoms with Crippen LogP contribution in [0.25, 0.3) is 0 Å². The van der Waals surface area contributed by atoms with E-state index in [-0.39, 0.29) is 11.8 Å². The van der Waals surface area contributed by atoms with Crippen molar-refractivity contribution in [1.82, 2.24) is 10.9 Å². The number of aryl methyl sites for hydroxylation is 2. The first kappa shape index (κ1) is 17.7. The molecule has 4 heteroatoms. The molecule has 126 valence electrons. The molecule has 2 aromatic rings. The van der Waals surface area contributed by atoms with Gasteiger partial charge in [0.25, 0.3) is 11.8 Å². The van der Waals surface area contributed by atoms with E-state index in [1.165, 1.54) is 18.4 Å². The number of benzene rings is 2. The van der Waals surface area contributed by atoms with E-state index in [2.05, 4.69) is 17.8 Å². The largest absolute Gasteiger partial charge is 0.269 e. The molecule has 0 aliphatic heterocycles. The molecular formula is C20H24N2O2. The number of hydrogen-bond donors (Lipinski definition) is 2. The standard InChI is InChI=1S/C20H24N2O2/c1-3-4-5-6-16-9-13-18(14-10-16)20(24)22-21-19(23)17-11-7-15(2)8-12-17/h7-14H,3-6H2,1-2H3,(H,21,23)(H,22,24). The van der Waals surface area contributed by atoms with E-state index in [4.69, 9.17) is 0 Å². The molecule has 4 nitrogen and oxygen atoms in total. The highest BCUT2D eigenvalue weighted by Gasteiger charge is 2.09. The molecule has 24 heavy (non-hydrogen) atoms. The van der Waals surface area contributed by atoms with Crippen LogP contribution < -0.4 is 10.9 Å². The molecule has 0 saturated heterocycles. The second-order valence-electron chi connectivity index (χ2n) is 5.93. The smallest absolute Gasteiger partial charge is 0.267 e. The Kier molecular flexibility index (Phi) is 6.55. The number of unbranched alkanes of at least 4 members (excludes halogenated alkanes) is 2. The van der Waals surface area contributed by atoms with Crippen molar-refractivity contribution in [2.45, 2.75) is 39.5 Å². The molecule has 0 heterocycles. The molecule has 0 saturated carbocycles. The van der Waals surface area contributed by atoms with E-state index >= 15 is 0 Å². The topological polar surface area (TPSA) is 58.2 Å². The maximum absolute atomic E-state index is 12.1. The van der Waals surface area contributed by atoms with Crippen LogP contribution in [0.3, 0.4) is 0 Å². The van der Waals surface area contributed by atoms with E-state index in [0.29, 0.717) is 11.1 Å². The lowest BCUT2D eigenvalue weighted by molar-refractivity contribution is 0.0846. The van der Waals surface area contributed by atoms with Gasteiger partial charge >= 0.3 is 0 Å². The molecule has 0 spiro atoms. The SMILES string of the molecule is CCCCCc1ccc(C(=O)NNC(=O)c2ccc(C)cc2)cc1. The highest BCUT2D eigenvalue weighted by molar-refractivity contribution is 5.99. The highest BCUT2D eigenvalue weighted by Crippen LogP contribution is 2.09. The predicted molar refractivity (Wildman–Crippen MR) is 95.8 cm³/mol. The number of rotatable bonds is 6. The van der Waals surface area contributed by atoms with Gasteiger partial charge in [0.05, 0.1) is 0 Å². The fourth-order valence-electron chi connectivity index (χ4n) is 2.36. The zero-order chi connectivity index (χ0) is 17.4. The summed E-state index contributed by atoms with van der Waals surface area (Å²) in [5, 5.41) is 0. The van der Waals surface area contributed by atoms with Crippen molar-refractivity contribution in [2.75, 3.05) is 0 Å². The maximum Gasteiger partial charge on any atom is 0.269 e. The molecule has 0 bridgehead atoms. The van der Waals surface area contributed by atoms with Gasteiger partial charge in [-0.2, -0.15) is 0 Å². The lowest BCUT2D eigenvalue weighted by Gasteiger charge is -2.08. The van der Waals surface area contributed by atoms with Gasteiger partial charge in [-0.3, -0.25) is 20.4 Å². The Balaban J connectivity index is 1.85. The van der Waals surface area contributed by atoms with Crippen LogP contribution in [0.2, 0.25) is 0 Å². The number of hydrazine groups is 1. The van der Waals surface area contributed by atoms with Crippen molar-refractivity contribution in [3.63, 3.8) is 0 Å². The van der Waals surface area contributed by atoms with Crippen LogP contribution in [-0.2, 0) is 6.42 Å². The van der Waals surface area contributed by atoms with Crippen molar-refractivity contribution in [2.24, 2.45) is 0 Å². The van der Waals surface area contributed by atoms with Gasteiger partial charge in [-0.15, -0.1) is 0 Å². The quantitative estimate of drug-likeness (QED) is 0.627. The van der Waals surface area contributed by atoms with Gasteiger partial charge in [0.15, 0.2) is 0 Å². The molecule has 0 aliphatic rings. The molecule has 0 fully saturated rings. The van der Waals surface area contributed by atoms with Crippen molar-refractivity contribution in [3.05, 3.63) is 70.8 Å². The zero-order valence-electron chi connectivity index (χ0n) is 14.3. The number of hydrogen-bond acceptors (Lipinski definition) is 2. The summed E-state index contributed by atoms with van der Waals surface area (Å²) < 4.78 is 0. The van der Waals surface area contributed by atoms with Gasteiger partial charge < -0.3 is 0 Å². The molecular weight excluding hydrogens is 300 g/mol. The third-order valence-corrected chi connectivity index (χ3v) is 3.89. The van der Waals surface area contributed by atoms with Crippen LogP contribution >= 0.6 is 0 Å². The second-order valence-corrected chi connectivity index (χ2v) is 5.93. The monoisotopic (exact) mass is 324 g/mol. The molecule has 0 aromatic heterocycles. The minimum Gasteiger partial charge on any atom is -0.267 e. The Morgan fingerprint density at radius 1 is 0.792 bits per heavy atom. The molecule has 2 rings (SSSR count). The van der Waals surface area contributed by atoms with E-state index in [1.54, 1.807) is 24.3 Å². The van der Waals surface area contributed by atoms with E-state index in [1.807, 2.05) is 31.2 Å². The van der Waals surface area contributed by atoms with Crippen LogP contribution in [0.1, 0.15) is 58.0 Å². The van der Waals surface area contributed by atoms with Crippen LogP contribution in [0.4, 0.5) is 0 Å². The fourth-order valence-corrected chi connectivity index (χ4v) is 2.36. The molecule has 2 amide bonds. The van der Waals surface area contributed by atoms with Crippen molar-refractivity contribution >= 4 is 11.8 Å². The first-order chi connectivity index (χ1) is 11.6. The molecule has 2 aromatic carbocycles. The van der Waals surface area contributed by atoms with Gasteiger partial charge in [0, 0.05) is 11.1 Å². The Bertz CT molecular complexity index is 676. The maximum atomic E-state index is 12.1. The van der Waals surface area contributed by atoms with Gasteiger partial charge in [-0.05, 0) is 49.6 Å². The first-order valence-electron chi connectivity index (χ1n) is 8.36. The summed E-state index contributed by atoms with van der Waals surface area (Å²) in [5.41, 5.74) is 8.22. The minimum absolute atomic E-state index is 0.324. The van der Waals surface area contributed by atoms with Gasteiger partial charge in [0.1, 0.15) is 0 Å². The average molecular weight is 324 g/mol. The van der Waals surface area contributed by atoms with E-state index in [9.17, 15) is 9.59 Å². The number of amides is 2. The third-order valence-electron chi connectivity index (χ3n) is 3.89. The average Bonchev–Trinajstić information content (AvgIpc) is 2.61. The number of carbonyl (C=O) groups excluding carboxylic acids is 2. The Labute approximate surface area is 143 Å². The Morgan fingerprint density at radius 3 is 1.79 bits per heavy atom. The Morgan fingerprint density at radius 2 is 1.29 bits per heavy atom. The second kappa shape index (κ2) is 8.87. The van der Waals surface area contributed by atoms with Gasteiger partial charge in [-0.25, -0.2) is 0 Å². The lowest BCUT2D eigenvalue weighted by Crippen LogP contribution is -2.41. The molecule has 0 aliphatic carbocycles. The Hall–Kier alpha value is -2.62. The summed E-state index contributed by atoms with van der Waals surface area (Å²) in [6, 6.07) is 14.7. The first-order valence-corrected chi connectivity index (χ1v) is 8.36. The fraction of sp³-hybridized carbons (Fsp3) is 0.300. The predicted octanol–water partition coefficient (Wildman–Crippen LogP) is 3.80. The summed E-state index contributed by atoms with van der Waals surface area (Å²) in [6.07, 6.45) is 4.60. The van der Waals surface area contributed by atoms with Crippen molar-refractivity contribution in [1.29, 1.82) is 0 Å². The van der Waals surface area contributed by atoms with Gasteiger partial charge in [0.2, 0.25) is 0 Å². The zero-order valence-corrected chi connectivity index (χ0v) is 14.3. The van der Waals surface area contributed by atoms with E-state index < -0.39 is 0 Å². The van der Waals surface area contributed by atoms with Crippen LogP contribution in [0.5, 0.6) is 0 Å². The van der Waals surface area contributed by atoms with Crippen LogP contribution in [0.15, 0.2) is 48.5 Å². The summed E-state index contributed by atoms with van der Waals surface area (Å²) in [5.74, 6) is -0.657. The van der Waals surface area contributed by atoms with Crippen LogP contribution in [0, 0.1) is 6.92 Å². The van der Waals surface area contributed by atoms with Gasteiger partial charge in [-0.1, -0.05) is 49.6 Å². The summed E-state index contributed by atoms with van der Waals surface area (Å²) in [6.45, 7) is 4.13. The van der Waals surface area contributed by atoms with E-state index in [0.717, 1.165) is 18.4 Å². The summed E-state index contributed by atoms with van der Waals surface area (Å²) in [7, 11) is 0. The van der Waals surface area contributed by atoms with Crippen molar-refractivity contribution < 1.29 is 9.59 Å². The molecule has 0 unspecified atom stereocenters. The molecule has 2 N–H and O–H groups in total. The number of nitrogens with one attached hydrogen (secondary N) is 2. The molecule has 0 atom stereocenters. The normalized spacial score (nSPS) is 10.2. The summed E-state index contributed by atoms with van der Waals surface area (Å²) >= 11 is 0. The highest BCUT2D eigenvalue weighted by atomic mass is 16.2. The van der Waals surface area contributed by atoms with Crippen LogP contribution in [-0.4, -0.2) is 11.8 Å². The molecule has 0 radical (unpaired) electrons. The minimum atomic E-state index is -0.334. The number of carbonyl (C=O) groups is 2. The third kappa shape index (κ3) is 5.23. The summed E-state index contributed by atoms with van der Waals surface area (Å²) in [4.78, 5) is 24.0. The van der Waals surface area contributed by atoms with Crippen molar-refractivity contribution in [3.8, 4) is 0 Å².